The third kappa shape index (κ3) is 3.21. The number of rotatable bonds is 4. The number of benzene rings is 2. The first kappa shape index (κ1) is 16.4. The van der Waals surface area contributed by atoms with Crippen LogP contribution >= 0.6 is 0 Å². The Hall–Kier alpha value is -3.05. The molecule has 5 nitrogen and oxygen atoms in total. The summed E-state index contributed by atoms with van der Waals surface area (Å²) < 4.78 is 0. The lowest BCUT2D eigenvalue weighted by Gasteiger charge is -2.15. The standard InChI is InChI=1S/C21H22N4O/c1-14(20-18-12-16(22)6-9-19(18)24-21(20)26)23-17-7-4-15(5-8-17)13-25-10-2-3-11-25/h2-9,12,23H,10-11,13,22H2,1H3,(H,24,26)/b20-14-. The van der Waals surface area contributed by atoms with E-state index in [9.17, 15) is 4.79 Å². The first-order chi connectivity index (χ1) is 12.6. The first-order valence-electron chi connectivity index (χ1n) is 8.75. The first-order valence-corrected chi connectivity index (χ1v) is 8.75. The van der Waals surface area contributed by atoms with E-state index in [1.807, 2.05) is 19.1 Å². The lowest BCUT2D eigenvalue weighted by molar-refractivity contribution is -0.110. The molecule has 132 valence electrons. The molecule has 0 saturated carbocycles. The second kappa shape index (κ2) is 6.69. The van der Waals surface area contributed by atoms with E-state index in [1.165, 1.54) is 5.56 Å². The molecule has 26 heavy (non-hydrogen) atoms. The van der Waals surface area contributed by atoms with E-state index in [0.29, 0.717) is 11.3 Å². The topological polar surface area (TPSA) is 70.4 Å². The third-order valence-electron chi connectivity index (χ3n) is 4.75. The minimum Gasteiger partial charge on any atom is -0.399 e. The monoisotopic (exact) mass is 346 g/mol. The van der Waals surface area contributed by atoms with Crippen LogP contribution < -0.4 is 16.4 Å². The molecular formula is C21H22N4O. The zero-order valence-corrected chi connectivity index (χ0v) is 14.8. The molecule has 2 aliphatic heterocycles. The van der Waals surface area contributed by atoms with Crippen LogP contribution in [0.3, 0.4) is 0 Å². The second-order valence-electron chi connectivity index (χ2n) is 6.75. The quantitative estimate of drug-likeness (QED) is 0.451. The number of nitrogens with zero attached hydrogens (tertiary/aromatic N) is 1. The molecule has 0 fully saturated rings. The molecule has 4 N–H and O–H groups in total. The van der Waals surface area contributed by atoms with E-state index in [4.69, 9.17) is 5.73 Å². The van der Waals surface area contributed by atoms with Crippen molar-refractivity contribution < 1.29 is 4.79 Å². The Morgan fingerprint density at radius 3 is 2.62 bits per heavy atom. The Balaban J connectivity index is 1.52. The van der Waals surface area contributed by atoms with E-state index in [0.717, 1.165) is 42.3 Å². The number of fused-ring (bicyclic) bond motifs is 1. The molecule has 1 amide bonds. The molecule has 2 aromatic carbocycles. The van der Waals surface area contributed by atoms with Gasteiger partial charge in [0.25, 0.3) is 5.91 Å². The van der Waals surface area contributed by atoms with E-state index < -0.39 is 0 Å². The Bertz CT molecular complexity index is 904. The number of carbonyl (C=O) groups is 1. The van der Waals surface area contributed by atoms with Gasteiger partial charge < -0.3 is 16.4 Å². The van der Waals surface area contributed by atoms with Crippen molar-refractivity contribution in [3.05, 3.63) is 71.4 Å². The maximum Gasteiger partial charge on any atom is 0.258 e. The molecule has 0 bridgehead atoms. The molecule has 5 heteroatoms. The van der Waals surface area contributed by atoms with Gasteiger partial charge in [0.1, 0.15) is 0 Å². The molecule has 0 aliphatic carbocycles. The van der Waals surface area contributed by atoms with Crippen LogP contribution in [0.1, 0.15) is 18.1 Å². The van der Waals surface area contributed by atoms with Crippen molar-refractivity contribution in [3.8, 4) is 0 Å². The highest BCUT2D eigenvalue weighted by molar-refractivity contribution is 6.32. The lowest BCUT2D eigenvalue weighted by atomic mass is 10.0. The number of amides is 1. The van der Waals surface area contributed by atoms with Crippen molar-refractivity contribution in [2.45, 2.75) is 13.5 Å². The largest absolute Gasteiger partial charge is 0.399 e. The van der Waals surface area contributed by atoms with Gasteiger partial charge in [-0.3, -0.25) is 9.69 Å². The van der Waals surface area contributed by atoms with Gasteiger partial charge >= 0.3 is 0 Å². The third-order valence-corrected chi connectivity index (χ3v) is 4.75. The molecule has 2 aliphatic rings. The van der Waals surface area contributed by atoms with Crippen molar-refractivity contribution in [2.75, 3.05) is 29.5 Å². The van der Waals surface area contributed by atoms with E-state index in [2.05, 4.69) is 52.0 Å². The molecule has 2 aromatic rings. The van der Waals surface area contributed by atoms with Crippen molar-refractivity contribution in [1.29, 1.82) is 0 Å². The minimum atomic E-state index is -0.103. The summed E-state index contributed by atoms with van der Waals surface area (Å²) in [7, 11) is 0. The fourth-order valence-electron chi connectivity index (χ4n) is 3.44. The van der Waals surface area contributed by atoms with Gasteiger partial charge in [-0.05, 0) is 42.8 Å². The summed E-state index contributed by atoms with van der Waals surface area (Å²) in [6.45, 7) is 4.89. The average molecular weight is 346 g/mol. The summed E-state index contributed by atoms with van der Waals surface area (Å²) in [4.78, 5) is 14.7. The van der Waals surface area contributed by atoms with Crippen molar-refractivity contribution in [2.24, 2.45) is 0 Å². The van der Waals surface area contributed by atoms with E-state index >= 15 is 0 Å². The molecule has 4 rings (SSSR count). The number of nitrogen functional groups attached to an aromatic ring is 1. The summed E-state index contributed by atoms with van der Waals surface area (Å²) in [5, 5.41) is 6.23. The van der Waals surface area contributed by atoms with Crippen LogP contribution in [-0.2, 0) is 11.3 Å². The number of nitrogens with one attached hydrogen (secondary N) is 2. The molecule has 0 radical (unpaired) electrons. The summed E-state index contributed by atoms with van der Waals surface area (Å²) in [5.74, 6) is -0.103. The Morgan fingerprint density at radius 1 is 1.15 bits per heavy atom. The predicted molar refractivity (Wildman–Crippen MR) is 107 cm³/mol. The number of hydrogen-bond acceptors (Lipinski definition) is 4. The highest BCUT2D eigenvalue weighted by Crippen LogP contribution is 2.35. The fourth-order valence-corrected chi connectivity index (χ4v) is 3.44. The van der Waals surface area contributed by atoms with Gasteiger partial charge in [0.05, 0.1) is 5.57 Å². The van der Waals surface area contributed by atoms with Gasteiger partial charge in [-0.1, -0.05) is 24.3 Å². The zero-order chi connectivity index (χ0) is 18.1. The number of nitrogens with two attached hydrogens (primary N) is 1. The second-order valence-corrected chi connectivity index (χ2v) is 6.75. The van der Waals surface area contributed by atoms with Gasteiger partial charge in [0.2, 0.25) is 0 Å². The number of allylic oxidation sites excluding steroid dienone is 1. The molecule has 0 unspecified atom stereocenters. The van der Waals surface area contributed by atoms with Gasteiger partial charge in [0.15, 0.2) is 0 Å². The highest BCUT2D eigenvalue weighted by Gasteiger charge is 2.26. The van der Waals surface area contributed by atoms with Gasteiger partial charge in [-0.2, -0.15) is 0 Å². The van der Waals surface area contributed by atoms with Crippen LogP contribution in [0.2, 0.25) is 0 Å². The summed E-state index contributed by atoms with van der Waals surface area (Å²) in [6, 6.07) is 13.8. The Morgan fingerprint density at radius 2 is 1.88 bits per heavy atom. The highest BCUT2D eigenvalue weighted by atomic mass is 16.2. The predicted octanol–water partition coefficient (Wildman–Crippen LogP) is 3.44. The van der Waals surface area contributed by atoms with E-state index in [-0.39, 0.29) is 5.91 Å². The molecule has 0 aromatic heterocycles. The number of anilines is 3. The van der Waals surface area contributed by atoms with Gasteiger partial charge in [-0.15, -0.1) is 0 Å². The van der Waals surface area contributed by atoms with E-state index in [1.54, 1.807) is 6.07 Å². The summed E-state index contributed by atoms with van der Waals surface area (Å²) >= 11 is 0. The van der Waals surface area contributed by atoms with Crippen LogP contribution in [0.5, 0.6) is 0 Å². The van der Waals surface area contributed by atoms with Gasteiger partial charge in [0, 0.05) is 48.0 Å². The maximum absolute atomic E-state index is 12.4. The van der Waals surface area contributed by atoms with Gasteiger partial charge in [-0.25, -0.2) is 0 Å². The van der Waals surface area contributed by atoms with Crippen molar-refractivity contribution >= 4 is 28.5 Å². The van der Waals surface area contributed by atoms with Crippen LogP contribution in [-0.4, -0.2) is 23.9 Å². The van der Waals surface area contributed by atoms with Crippen LogP contribution in [0, 0.1) is 0 Å². The lowest BCUT2D eigenvalue weighted by Crippen LogP contribution is -2.19. The Labute approximate surface area is 153 Å². The summed E-state index contributed by atoms with van der Waals surface area (Å²) in [5.41, 5.74) is 11.9. The SMILES string of the molecule is C/C(Nc1ccc(CN2CC=CC2)cc1)=C1/C(=O)Nc2ccc(N)cc21. The number of carbonyl (C=O) groups excluding carboxylic acids is 1. The molecule has 2 heterocycles. The minimum absolute atomic E-state index is 0.103. The molecule has 0 saturated heterocycles. The smallest absolute Gasteiger partial charge is 0.258 e. The number of hydrogen-bond donors (Lipinski definition) is 3. The molecule has 0 atom stereocenters. The molecule has 0 spiro atoms. The Kier molecular flexibility index (Phi) is 4.22. The molecular weight excluding hydrogens is 324 g/mol. The zero-order valence-electron chi connectivity index (χ0n) is 14.8. The average Bonchev–Trinajstić information content (AvgIpc) is 3.23. The van der Waals surface area contributed by atoms with Crippen LogP contribution in [0.4, 0.5) is 17.1 Å². The summed E-state index contributed by atoms with van der Waals surface area (Å²) in [6.07, 6.45) is 4.39. The van der Waals surface area contributed by atoms with Crippen molar-refractivity contribution in [3.63, 3.8) is 0 Å². The maximum atomic E-state index is 12.4. The van der Waals surface area contributed by atoms with Crippen LogP contribution in [0.15, 0.2) is 60.3 Å². The fraction of sp³-hybridized carbons (Fsp3) is 0.190. The normalized spacial score (nSPS) is 18.0. The van der Waals surface area contributed by atoms with Crippen molar-refractivity contribution in [1.82, 2.24) is 4.90 Å². The van der Waals surface area contributed by atoms with Crippen LogP contribution in [0.25, 0.3) is 5.57 Å².